The first-order chi connectivity index (χ1) is 13.1. The molecule has 2 amide bonds. The van der Waals surface area contributed by atoms with Gasteiger partial charge in [-0.1, -0.05) is 12.1 Å². The predicted octanol–water partition coefficient (Wildman–Crippen LogP) is 3.42. The Balaban J connectivity index is 1.55. The zero-order chi connectivity index (χ0) is 18.8. The van der Waals surface area contributed by atoms with Crippen LogP contribution in [0.5, 0.6) is 5.75 Å². The minimum atomic E-state index is -0.425. The molecule has 0 spiro atoms. The van der Waals surface area contributed by atoms with Gasteiger partial charge in [0.1, 0.15) is 5.75 Å². The number of aromatic nitrogens is 1. The number of nitrogens with zero attached hydrogens (tertiary/aromatic N) is 1. The normalized spacial score (nSPS) is 12.2. The topological polar surface area (TPSA) is 93.5 Å². The summed E-state index contributed by atoms with van der Waals surface area (Å²) >= 11 is 0. The molecule has 7 nitrogen and oxygen atoms in total. The summed E-state index contributed by atoms with van der Waals surface area (Å²) < 4.78 is 10.5. The van der Waals surface area contributed by atoms with Gasteiger partial charge < -0.3 is 19.8 Å². The summed E-state index contributed by atoms with van der Waals surface area (Å²) in [5, 5.41) is 5.67. The maximum absolute atomic E-state index is 12.7. The number of carbonyl (C=O) groups is 2. The van der Waals surface area contributed by atoms with Crippen molar-refractivity contribution in [2.45, 2.75) is 13.3 Å². The lowest BCUT2D eigenvalue weighted by Crippen LogP contribution is -2.15. The molecule has 2 aromatic carbocycles. The number of hydrogen-bond donors (Lipinski definition) is 2. The van der Waals surface area contributed by atoms with Gasteiger partial charge in [-0.25, -0.2) is 4.98 Å². The van der Waals surface area contributed by atoms with E-state index in [2.05, 4.69) is 15.6 Å². The molecule has 1 aliphatic rings. The maximum Gasteiger partial charge on any atom is 0.293 e. The van der Waals surface area contributed by atoms with Crippen LogP contribution in [0.15, 0.2) is 53.4 Å². The highest BCUT2D eigenvalue weighted by atomic mass is 16.5. The number of amides is 2. The standard InChI is InChI=1S/C20H17N3O4/c1-12-5-6-13(9-16(12)23-20(25)18-10-21-11-27-18)19(24)22-15-3-2-4-17-14(15)7-8-26-17/h2-6,9-11H,7-8H2,1H3,(H,22,24)(H,23,25). The Morgan fingerprint density at radius 3 is 2.74 bits per heavy atom. The zero-order valence-electron chi connectivity index (χ0n) is 14.6. The van der Waals surface area contributed by atoms with Crippen molar-refractivity contribution in [3.63, 3.8) is 0 Å². The summed E-state index contributed by atoms with van der Waals surface area (Å²) in [5.74, 6) is 0.220. The zero-order valence-corrected chi connectivity index (χ0v) is 14.6. The van der Waals surface area contributed by atoms with Gasteiger partial charge in [0.25, 0.3) is 11.8 Å². The lowest BCUT2D eigenvalue weighted by atomic mass is 10.1. The smallest absolute Gasteiger partial charge is 0.293 e. The molecule has 3 aromatic rings. The fourth-order valence-electron chi connectivity index (χ4n) is 2.94. The Labute approximate surface area is 155 Å². The van der Waals surface area contributed by atoms with Crippen LogP contribution in [0, 0.1) is 6.92 Å². The molecular weight excluding hydrogens is 346 g/mol. The van der Waals surface area contributed by atoms with E-state index in [0.717, 1.165) is 29.0 Å². The lowest BCUT2D eigenvalue weighted by molar-refractivity contribution is 0.0993. The van der Waals surface area contributed by atoms with Gasteiger partial charge in [-0.3, -0.25) is 9.59 Å². The molecule has 2 heterocycles. The molecule has 0 saturated carbocycles. The highest BCUT2D eigenvalue weighted by Gasteiger charge is 2.18. The highest BCUT2D eigenvalue weighted by Crippen LogP contribution is 2.32. The molecule has 0 fully saturated rings. The van der Waals surface area contributed by atoms with Crippen molar-refractivity contribution in [2.75, 3.05) is 17.2 Å². The minimum absolute atomic E-state index is 0.101. The third-order valence-corrected chi connectivity index (χ3v) is 4.39. The number of nitrogens with one attached hydrogen (secondary N) is 2. The molecule has 0 saturated heterocycles. The summed E-state index contributed by atoms with van der Waals surface area (Å²) in [6, 6.07) is 10.7. The molecule has 27 heavy (non-hydrogen) atoms. The molecule has 2 N–H and O–H groups in total. The lowest BCUT2D eigenvalue weighted by Gasteiger charge is -2.12. The third kappa shape index (κ3) is 3.39. The summed E-state index contributed by atoms with van der Waals surface area (Å²) in [4.78, 5) is 28.6. The van der Waals surface area contributed by atoms with E-state index >= 15 is 0 Å². The summed E-state index contributed by atoms with van der Waals surface area (Å²) in [6.07, 6.45) is 3.28. The van der Waals surface area contributed by atoms with Gasteiger partial charge >= 0.3 is 0 Å². The van der Waals surface area contributed by atoms with Gasteiger partial charge in [0, 0.05) is 28.9 Å². The van der Waals surface area contributed by atoms with Crippen LogP contribution in [0.1, 0.15) is 32.0 Å². The second-order valence-corrected chi connectivity index (χ2v) is 6.18. The van der Waals surface area contributed by atoms with Crippen LogP contribution >= 0.6 is 0 Å². The number of aryl methyl sites for hydroxylation is 1. The fourth-order valence-corrected chi connectivity index (χ4v) is 2.94. The first-order valence-electron chi connectivity index (χ1n) is 8.48. The number of oxazole rings is 1. The van der Waals surface area contributed by atoms with Crippen LogP contribution in [0.3, 0.4) is 0 Å². The summed E-state index contributed by atoms with van der Waals surface area (Å²) in [6.45, 7) is 2.46. The van der Waals surface area contributed by atoms with Crippen molar-refractivity contribution in [3.8, 4) is 5.75 Å². The van der Waals surface area contributed by atoms with E-state index in [4.69, 9.17) is 9.15 Å². The van der Waals surface area contributed by atoms with Gasteiger partial charge in [0.05, 0.1) is 12.8 Å². The number of carbonyl (C=O) groups excluding carboxylic acids is 2. The van der Waals surface area contributed by atoms with Gasteiger partial charge in [-0.2, -0.15) is 0 Å². The number of fused-ring (bicyclic) bond motifs is 1. The van der Waals surface area contributed by atoms with Crippen LogP contribution in [0.4, 0.5) is 11.4 Å². The molecule has 0 bridgehead atoms. The number of anilines is 2. The Hall–Kier alpha value is -3.61. The predicted molar refractivity (Wildman–Crippen MR) is 99.2 cm³/mol. The maximum atomic E-state index is 12.7. The number of ether oxygens (including phenoxy) is 1. The van der Waals surface area contributed by atoms with Crippen LogP contribution < -0.4 is 15.4 Å². The summed E-state index contributed by atoms with van der Waals surface area (Å²) in [7, 11) is 0. The highest BCUT2D eigenvalue weighted by molar-refractivity contribution is 6.07. The van der Waals surface area contributed by atoms with Crippen LogP contribution in [0.25, 0.3) is 0 Å². The number of benzene rings is 2. The number of hydrogen-bond acceptors (Lipinski definition) is 5. The molecule has 0 unspecified atom stereocenters. The molecule has 0 radical (unpaired) electrons. The van der Waals surface area contributed by atoms with Crippen molar-refractivity contribution in [3.05, 3.63) is 71.4 Å². The summed E-state index contributed by atoms with van der Waals surface area (Å²) in [5.41, 5.74) is 3.53. The Bertz CT molecular complexity index is 1010. The molecule has 1 aliphatic heterocycles. The SMILES string of the molecule is Cc1ccc(C(=O)Nc2cccc3c2CCO3)cc1NC(=O)c1cnco1. The molecule has 7 heteroatoms. The van der Waals surface area contributed by atoms with E-state index in [0.29, 0.717) is 17.9 Å². The average molecular weight is 363 g/mol. The van der Waals surface area contributed by atoms with E-state index in [1.807, 2.05) is 25.1 Å². The quantitative estimate of drug-likeness (QED) is 0.741. The van der Waals surface area contributed by atoms with Gasteiger partial charge in [-0.15, -0.1) is 0 Å². The Morgan fingerprint density at radius 1 is 1.07 bits per heavy atom. The second kappa shape index (κ2) is 6.95. The number of rotatable bonds is 4. The molecule has 0 atom stereocenters. The van der Waals surface area contributed by atoms with Crippen LogP contribution in [-0.4, -0.2) is 23.4 Å². The van der Waals surface area contributed by atoms with E-state index in [1.165, 1.54) is 12.6 Å². The second-order valence-electron chi connectivity index (χ2n) is 6.18. The molecule has 136 valence electrons. The minimum Gasteiger partial charge on any atom is -0.493 e. The van der Waals surface area contributed by atoms with Gasteiger partial charge in [0.15, 0.2) is 6.39 Å². The van der Waals surface area contributed by atoms with Crippen LogP contribution in [0.2, 0.25) is 0 Å². The molecule has 0 aliphatic carbocycles. The van der Waals surface area contributed by atoms with E-state index in [9.17, 15) is 9.59 Å². The van der Waals surface area contributed by atoms with E-state index in [1.54, 1.807) is 18.2 Å². The molecular formula is C20H17N3O4. The van der Waals surface area contributed by atoms with E-state index in [-0.39, 0.29) is 11.7 Å². The van der Waals surface area contributed by atoms with Crippen molar-refractivity contribution >= 4 is 23.2 Å². The third-order valence-electron chi connectivity index (χ3n) is 4.39. The van der Waals surface area contributed by atoms with E-state index < -0.39 is 5.91 Å². The average Bonchev–Trinajstić information content (AvgIpc) is 3.35. The van der Waals surface area contributed by atoms with Gasteiger partial charge in [0.2, 0.25) is 5.76 Å². The van der Waals surface area contributed by atoms with Crippen molar-refractivity contribution < 1.29 is 18.7 Å². The van der Waals surface area contributed by atoms with Crippen LogP contribution in [-0.2, 0) is 6.42 Å². The first kappa shape index (κ1) is 16.8. The molecule has 4 rings (SSSR count). The van der Waals surface area contributed by atoms with Gasteiger partial charge in [-0.05, 0) is 36.8 Å². The first-order valence-corrected chi connectivity index (χ1v) is 8.48. The Morgan fingerprint density at radius 2 is 1.93 bits per heavy atom. The monoisotopic (exact) mass is 363 g/mol. The fraction of sp³-hybridized carbons (Fsp3) is 0.150. The van der Waals surface area contributed by atoms with Crippen molar-refractivity contribution in [1.82, 2.24) is 4.98 Å². The van der Waals surface area contributed by atoms with Crippen molar-refractivity contribution in [2.24, 2.45) is 0 Å². The van der Waals surface area contributed by atoms with Crippen molar-refractivity contribution in [1.29, 1.82) is 0 Å². The largest absolute Gasteiger partial charge is 0.493 e. The molecule has 1 aromatic heterocycles. The Kier molecular flexibility index (Phi) is 4.33.